The minimum Gasteiger partial charge on any atom is -0.337 e. The molecule has 0 spiro atoms. The molecule has 0 aromatic heterocycles. The maximum Gasteiger partial charge on any atom is 0.273 e. The number of piperidine rings is 1. The first-order valence-electron chi connectivity index (χ1n) is 9.77. The summed E-state index contributed by atoms with van der Waals surface area (Å²) in [6, 6.07) is 4.76. The molecule has 2 fully saturated rings. The molecule has 2 aliphatic rings. The third kappa shape index (κ3) is 5.05. The van der Waals surface area contributed by atoms with E-state index in [-0.39, 0.29) is 41.4 Å². The molecule has 0 radical (unpaired) electrons. The first kappa shape index (κ1) is 23.1. The highest BCUT2D eigenvalue weighted by Gasteiger charge is 2.33. The van der Waals surface area contributed by atoms with Crippen LogP contribution in [0, 0.1) is 10.1 Å². The molecule has 3 rings (SSSR count). The maximum atomic E-state index is 13.0. The molecule has 1 atom stereocenters. The number of benzene rings is 1. The Hall–Kier alpha value is -2.19. The van der Waals surface area contributed by atoms with Crippen LogP contribution in [0.4, 0.5) is 5.69 Å². The number of nitrogens with zero attached hydrogens (tertiary/aromatic N) is 3. The van der Waals surface area contributed by atoms with E-state index >= 15 is 0 Å². The van der Waals surface area contributed by atoms with Crippen molar-refractivity contribution in [1.29, 1.82) is 0 Å². The largest absolute Gasteiger partial charge is 0.337 e. The molecule has 0 aliphatic carbocycles. The number of piperazine rings is 1. The fourth-order valence-corrected chi connectivity index (χ4v) is 4.03. The average molecular weight is 425 g/mol. The van der Waals surface area contributed by atoms with Crippen molar-refractivity contribution in [1.82, 2.24) is 15.1 Å². The lowest BCUT2D eigenvalue weighted by atomic mass is 9.85. The van der Waals surface area contributed by atoms with Gasteiger partial charge in [-0.15, -0.1) is 12.4 Å². The van der Waals surface area contributed by atoms with Gasteiger partial charge >= 0.3 is 0 Å². The van der Waals surface area contributed by atoms with Gasteiger partial charge in [-0.3, -0.25) is 19.7 Å². The van der Waals surface area contributed by atoms with E-state index in [9.17, 15) is 19.7 Å². The van der Waals surface area contributed by atoms with Crippen LogP contribution >= 0.6 is 12.4 Å². The molecule has 0 saturated carbocycles. The van der Waals surface area contributed by atoms with E-state index < -0.39 is 4.92 Å². The van der Waals surface area contributed by atoms with E-state index in [1.165, 1.54) is 6.07 Å². The van der Waals surface area contributed by atoms with Gasteiger partial charge in [0.25, 0.3) is 11.6 Å². The summed E-state index contributed by atoms with van der Waals surface area (Å²) in [4.78, 5) is 39.9. The minimum absolute atomic E-state index is 0. The first-order valence-corrected chi connectivity index (χ1v) is 9.77. The number of nitro groups is 1. The van der Waals surface area contributed by atoms with Crippen LogP contribution in [0.3, 0.4) is 0 Å². The van der Waals surface area contributed by atoms with Crippen LogP contribution in [-0.4, -0.2) is 65.3 Å². The zero-order valence-electron chi connectivity index (χ0n) is 17.1. The smallest absolute Gasteiger partial charge is 0.273 e. The topological polar surface area (TPSA) is 95.8 Å². The molecule has 2 heterocycles. The molecule has 9 heteroatoms. The van der Waals surface area contributed by atoms with Gasteiger partial charge in [0.05, 0.1) is 11.5 Å². The van der Waals surface area contributed by atoms with Gasteiger partial charge in [-0.25, -0.2) is 0 Å². The van der Waals surface area contributed by atoms with E-state index in [0.717, 1.165) is 19.4 Å². The summed E-state index contributed by atoms with van der Waals surface area (Å²) in [5.74, 6) is -0.147. The number of nitro benzene ring substituents is 1. The highest BCUT2D eigenvalue weighted by atomic mass is 35.5. The molecule has 1 aromatic rings. The molecule has 0 bridgehead atoms. The van der Waals surface area contributed by atoms with Crippen LogP contribution in [0.2, 0.25) is 0 Å². The van der Waals surface area contributed by atoms with Gasteiger partial charge in [-0.1, -0.05) is 26.8 Å². The quantitative estimate of drug-likeness (QED) is 0.593. The second kappa shape index (κ2) is 9.09. The van der Waals surface area contributed by atoms with Gasteiger partial charge in [-0.2, -0.15) is 0 Å². The third-order valence-corrected chi connectivity index (χ3v) is 5.50. The molecule has 160 valence electrons. The van der Waals surface area contributed by atoms with Crippen molar-refractivity contribution < 1.29 is 14.5 Å². The van der Waals surface area contributed by atoms with E-state index in [0.29, 0.717) is 37.3 Å². The SMILES string of the molecule is CC(C)(C)c1ccc(C(=O)N2CCCC(N3CCNCC3=O)C2)cc1[N+](=O)[O-].Cl. The third-order valence-electron chi connectivity index (χ3n) is 5.50. The number of hydrogen-bond acceptors (Lipinski definition) is 5. The molecule has 1 N–H and O–H groups in total. The van der Waals surface area contributed by atoms with E-state index in [1.54, 1.807) is 17.0 Å². The molecular weight excluding hydrogens is 396 g/mol. The fourth-order valence-electron chi connectivity index (χ4n) is 4.03. The van der Waals surface area contributed by atoms with Crippen molar-refractivity contribution in [3.63, 3.8) is 0 Å². The van der Waals surface area contributed by atoms with Crippen LogP contribution in [-0.2, 0) is 10.2 Å². The predicted octanol–water partition coefficient (Wildman–Crippen LogP) is 2.35. The highest BCUT2D eigenvalue weighted by Crippen LogP contribution is 2.32. The van der Waals surface area contributed by atoms with Crippen LogP contribution in [0.5, 0.6) is 0 Å². The average Bonchev–Trinajstić information content (AvgIpc) is 2.66. The number of rotatable bonds is 3. The van der Waals surface area contributed by atoms with E-state index in [2.05, 4.69) is 5.32 Å². The summed E-state index contributed by atoms with van der Waals surface area (Å²) in [5.41, 5.74) is 0.524. The summed E-state index contributed by atoms with van der Waals surface area (Å²) in [5, 5.41) is 14.6. The lowest BCUT2D eigenvalue weighted by Gasteiger charge is -2.41. The first-order chi connectivity index (χ1) is 13.2. The molecular formula is C20H29ClN4O4. The summed E-state index contributed by atoms with van der Waals surface area (Å²) in [6.45, 7) is 8.56. The Kier molecular flexibility index (Phi) is 7.24. The molecule has 8 nitrogen and oxygen atoms in total. The number of halogens is 1. The van der Waals surface area contributed by atoms with Gasteiger partial charge in [0.15, 0.2) is 0 Å². The Morgan fingerprint density at radius 3 is 2.62 bits per heavy atom. The lowest BCUT2D eigenvalue weighted by Crippen LogP contribution is -2.57. The second-order valence-corrected chi connectivity index (χ2v) is 8.55. The number of likely N-dealkylation sites (tertiary alicyclic amines) is 1. The summed E-state index contributed by atoms with van der Waals surface area (Å²) >= 11 is 0. The zero-order chi connectivity index (χ0) is 20.5. The number of carbonyl (C=O) groups is 2. The zero-order valence-corrected chi connectivity index (χ0v) is 18.0. The molecule has 2 saturated heterocycles. The number of amides is 2. The van der Waals surface area contributed by atoms with Crippen LogP contribution in [0.1, 0.15) is 49.5 Å². The van der Waals surface area contributed by atoms with Crippen molar-refractivity contribution in [2.45, 2.75) is 45.1 Å². The van der Waals surface area contributed by atoms with Gasteiger partial charge in [0.1, 0.15) is 0 Å². The molecule has 2 amide bonds. The summed E-state index contributed by atoms with van der Waals surface area (Å²) < 4.78 is 0. The van der Waals surface area contributed by atoms with Gasteiger partial charge < -0.3 is 15.1 Å². The van der Waals surface area contributed by atoms with Gasteiger partial charge in [0.2, 0.25) is 5.91 Å². The van der Waals surface area contributed by atoms with Gasteiger partial charge in [0, 0.05) is 49.4 Å². The van der Waals surface area contributed by atoms with Crippen molar-refractivity contribution in [3.8, 4) is 0 Å². The normalized spacial score (nSPS) is 20.2. The molecule has 29 heavy (non-hydrogen) atoms. The molecule has 2 aliphatic heterocycles. The Labute approximate surface area is 177 Å². The van der Waals surface area contributed by atoms with Crippen molar-refractivity contribution in [3.05, 3.63) is 39.4 Å². The molecule has 1 unspecified atom stereocenters. The van der Waals surface area contributed by atoms with Gasteiger partial charge in [-0.05, 0) is 24.3 Å². The maximum absolute atomic E-state index is 13.0. The number of carbonyl (C=O) groups excluding carboxylic acids is 2. The lowest BCUT2D eigenvalue weighted by molar-refractivity contribution is -0.386. The molecule has 1 aromatic carbocycles. The predicted molar refractivity (Wildman–Crippen MR) is 113 cm³/mol. The van der Waals surface area contributed by atoms with Crippen molar-refractivity contribution in [2.24, 2.45) is 0 Å². The Morgan fingerprint density at radius 1 is 1.28 bits per heavy atom. The second-order valence-electron chi connectivity index (χ2n) is 8.55. The number of nitrogens with one attached hydrogen (secondary N) is 1. The summed E-state index contributed by atoms with van der Waals surface area (Å²) in [6.07, 6.45) is 1.69. The highest BCUT2D eigenvalue weighted by molar-refractivity contribution is 5.95. The number of hydrogen-bond donors (Lipinski definition) is 1. The van der Waals surface area contributed by atoms with Crippen molar-refractivity contribution in [2.75, 3.05) is 32.7 Å². The summed E-state index contributed by atoms with van der Waals surface area (Å²) in [7, 11) is 0. The van der Waals surface area contributed by atoms with E-state index in [4.69, 9.17) is 0 Å². The van der Waals surface area contributed by atoms with Crippen molar-refractivity contribution >= 4 is 29.9 Å². The minimum atomic E-state index is -0.421. The van der Waals surface area contributed by atoms with Crippen LogP contribution in [0.25, 0.3) is 0 Å². The van der Waals surface area contributed by atoms with E-state index in [1.807, 2.05) is 25.7 Å². The Morgan fingerprint density at radius 2 is 2.00 bits per heavy atom. The van der Waals surface area contributed by atoms with Crippen LogP contribution in [0.15, 0.2) is 18.2 Å². The standard InChI is InChI=1S/C20H28N4O4.ClH/c1-20(2,3)16-7-6-14(11-17(16)24(27)28)19(26)22-9-4-5-15(13-22)23-10-8-21-12-18(23)25;/h6-7,11,15,21H,4-5,8-10,12-13H2,1-3H3;1H. The monoisotopic (exact) mass is 424 g/mol. The van der Waals surface area contributed by atoms with Crippen LogP contribution < -0.4 is 5.32 Å². The Bertz CT molecular complexity index is 793. The Balaban J connectivity index is 0.00000300. The fraction of sp³-hybridized carbons (Fsp3) is 0.600.